The molecule has 0 saturated carbocycles. The standard InChI is InChI=1S/C7H10N2OS/c1-5(10)6-3-4-8-7(9-6)11-2/h3-5,10H,1-2H3/t5-/m1/s1. The first-order chi connectivity index (χ1) is 5.24. The van der Waals surface area contributed by atoms with Crippen molar-refractivity contribution in [3.05, 3.63) is 18.0 Å². The maximum atomic E-state index is 9.14. The van der Waals surface area contributed by atoms with Gasteiger partial charge in [0, 0.05) is 6.20 Å². The zero-order valence-corrected chi connectivity index (χ0v) is 7.30. The summed E-state index contributed by atoms with van der Waals surface area (Å²) in [6.07, 6.45) is 3.05. The summed E-state index contributed by atoms with van der Waals surface area (Å²) in [5.41, 5.74) is 0.671. The molecule has 1 atom stereocenters. The molecule has 0 aliphatic heterocycles. The Labute approximate surface area is 69.9 Å². The van der Waals surface area contributed by atoms with Gasteiger partial charge in [-0.3, -0.25) is 0 Å². The van der Waals surface area contributed by atoms with Crippen LogP contribution in [-0.2, 0) is 0 Å². The van der Waals surface area contributed by atoms with Crippen LogP contribution in [0.5, 0.6) is 0 Å². The fraction of sp³-hybridized carbons (Fsp3) is 0.429. The molecule has 0 aliphatic carbocycles. The Balaban J connectivity index is 2.91. The lowest BCUT2D eigenvalue weighted by Gasteiger charge is -2.02. The normalized spacial score (nSPS) is 13.0. The number of hydrogen-bond acceptors (Lipinski definition) is 4. The Morgan fingerprint density at radius 3 is 2.91 bits per heavy atom. The van der Waals surface area contributed by atoms with Crippen molar-refractivity contribution in [3.8, 4) is 0 Å². The molecule has 1 N–H and O–H groups in total. The van der Waals surface area contributed by atoms with Crippen molar-refractivity contribution in [2.24, 2.45) is 0 Å². The second-order valence-corrected chi connectivity index (χ2v) is 2.92. The topological polar surface area (TPSA) is 46.0 Å². The van der Waals surface area contributed by atoms with Crippen molar-refractivity contribution in [1.29, 1.82) is 0 Å². The van der Waals surface area contributed by atoms with E-state index < -0.39 is 6.10 Å². The third-order valence-electron chi connectivity index (χ3n) is 1.27. The van der Waals surface area contributed by atoms with Crippen LogP contribution < -0.4 is 0 Å². The highest BCUT2D eigenvalue weighted by Gasteiger charge is 2.02. The van der Waals surface area contributed by atoms with E-state index >= 15 is 0 Å². The molecule has 0 radical (unpaired) electrons. The van der Waals surface area contributed by atoms with Gasteiger partial charge in [0.15, 0.2) is 5.16 Å². The highest BCUT2D eigenvalue weighted by Crippen LogP contribution is 2.12. The predicted octanol–water partition coefficient (Wildman–Crippen LogP) is 1.25. The quantitative estimate of drug-likeness (QED) is 0.536. The number of aliphatic hydroxyl groups excluding tert-OH is 1. The van der Waals surface area contributed by atoms with E-state index in [4.69, 9.17) is 5.11 Å². The Morgan fingerprint density at radius 2 is 2.36 bits per heavy atom. The molecule has 0 spiro atoms. The molecule has 1 aromatic rings. The molecule has 1 aromatic heterocycles. The smallest absolute Gasteiger partial charge is 0.187 e. The molecule has 0 aliphatic rings. The third-order valence-corrected chi connectivity index (χ3v) is 1.83. The summed E-state index contributed by atoms with van der Waals surface area (Å²) in [5.74, 6) is 0. The van der Waals surface area contributed by atoms with E-state index in [9.17, 15) is 0 Å². The lowest BCUT2D eigenvalue weighted by Crippen LogP contribution is -1.97. The number of rotatable bonds is 2. The number of hydrogen-bond donors (Lipinski definition) is 1. The zero-order valence-electron chi connectivity index (χ0n) is 6.48. The largest absolute Gasteiger partial charge is 0.387 e. The van der Waals surface area contributed by atoms with E-state index in [1.807, 2.05) is 6.26 Å². The average Bonchev–Trinajstić information content (AvgIpc) is 2.05. The van der Waals surface area contributed by atoms with Gasteiger partial charge in [-0.05, 0) is 19.2 Å². The van der Waals surface area contributed by atoms with Crippen LogP contribution in [0.4, 0.5) is 0 Å². The summed E-state index contributed by atoms with van der Waals surface area (Å²) < 4.78 is 0. The second kappa shape index (κ2) is 3.69. The Morgan fingerprint density at radius 1 is 1.64 bits per heavy atom. The zero-order chi connectivity index (χ0) is 8.27. The van der Waals surface area contributed by atoms with E-state index in [0.29, 0.717) is 10.9 Å². The van der Waals surface area contributed by atoms with E-state index in [-0.39, 0.29) is 0 Å². The number of nitrogens with zero attached hydrogens (tertiary/aromatic N) is 2. The number of thioether (sulfide) groups is 1. The molecule has 0 bridgehead atoms. The fourth-order valence-electron chi connectivity index (χ4n) is 0.685. The Hall–Kier alpha value is -0.610. The summed E-state index contributed by atoms with van der Waals surface area (Å²) in [5, 5.41) is 9.84. The van der Waals surface area contributed by atoms with Gasteiger partial charge in [0.05, 0.1) is 11.8 Å². The third kappa shape index (κ3) is 2.17. The van der Waals surface area contributed by atoms with Crippen molar-refractivity contribution in [2.45, 2.75) is 18.2 Å². The maximum absolute atomic E-state index is 9.14. The molecular weight excluding hydrogens is 160 g/mol. The first kappa shape index (κ1) is 8.49. The van der Waals surface area contributed by atoms with E-state index in [1.54, 1.807) is 19.2 Å². The van der Waals surface area contributed by atoms with E-state index in [0.717, 1.165) is 0 Å². The van der Waals surface area contributed by atoms with Crippen LogP contribution in [0.15, 0.2) is 17.4 Å². The van der Waals surface area contributed by atoms with Gasteiger partial charge in [-0.1, -0.05) is 11.8 Å². The maximum Gasteiger partial charge on any atom is 0.187 e. The molecule has 60 valence electrons. The van der Waals surface area contributed by atoms with Crippen LogP contribution in [0, 0.1) is 0 Å². The summed E-state index contributed by atoms with van der Waals surface area (Å²) in [6.45, 7) is 1.69. The van der Waals surface area contributed by atoms with Crippen molar-refractivity contribution in [3.63, 3.8) is 0 Å². The first-order valence-electron chi connectivity index (χ1n) is 3.29. The van der Waals surface area contributed by atoms with Gasteiger partial charge in [0.1, 0.15) is 0 Å². The summed E-state index contributed by atoms with van der Waals surface area (Å²) in [6, 6.07) is 1.71. The predicted molar refractivity (Wildman–Crippen MR) is 44.4 cm³/mol. The van der Waals surface area contributed by atoms with Crippen LogP contribution >= 0.6 is 11.8 Å². The molecular formula is C7H10N2OS. The summed E-state index contributed by atoms with van der Waals surface area (Å²) >= 11 is 1.47. The van der Waals surface area contributed by atoms with E-state index in [1.165, 1.54) is 11.8 Å². The monoisotopic (exact) mass is 170 g/mol. The van der Waals surface area contributed by atoms with Crippen molar-refractivity contribution < 1.29 is 5.11 Å². The SMILES string of the molecule is CSc1nccc([C@@H](C)O)n1. The molecule has 0 unspecified atom stereocenters. The first-order valence-corrected chi connectivity index (χ1v) is 4.51. The molecule has 4 heteroatoms. The van der Waals surface area contributed by atoms with E-state index in [2.05, 4.69) is 9.97 Å². The van der Waals surface area contributed by atoms with Gasteiger partial charge in [-0.15, -0.1) is 0 Å². The van der Waals surface area contributed by atoms with Crippen LogP contribution in [0.1, 0.15) is 18.7 Å². The van der Waals surface area contributed by atoms with Crippen molar-refractivity contribution >= 4 is 11.8 Å². The lowest BCUT2D eigenvalue weighted by atomic mass is 10.3. The molecule has 1 heterocycles. The van der Waals surface area contributed by atoms with Crippen molar-refractivity contribution in [1.82, 2.24) is 9.97 Å². The molecule has 0 amide bonds. The Bertz CT molecular complexity index is 240. The van der Waals surface area contributed by atoms with Gasteiger partial charge in [0.2, 0.25) is 0 Å². The van der Waals surface area contributed by atoms with Gasteiger partial charge in [0.25, 0.3) is 0 Å². The Kier molecular flexibility index (Phi) is 2.84. The fourth-order valence-corrected chi connectivity index (χ4v) is 1.05. The molecule has 0 saturated heterocycles. The van der Waals surface area contributed by atoms with Gasteiger partial charge in [-0.25, -0.2) is 9.97 Å². The van der Waals surface area contributed by atoms with Crippen LogP contribution in [-0.4, -0.2) is 21.3 Å². The molecule has 0 aromatic carbocycles. The summed E-state index contributed by atoms with van der Waals surface area (Å²) in [7, 11) is 0. The summed E-state index contributed by atoms with van der Waals surface area (Å²) in [4.78, 5) is 8.07. The van der Waals surface area contributed by atoms with Crippen LogP contribution in [0.2, 0.25) is 0 Å². The molecule has 3 nitrogen and oxygen atoms in total. The molecule has 0 fully saturated rings. The van der Waals surface area contributed by atoms with Crippen molar-refractivity contribution in [2.75, 3.05) is 6.26 Å². The number of aliphatic hydroxyl groups is 1. The lowest BCUT2D eigenvalue weighted by molar-refractivity contribution is 0.193. The van der Waals surface area contributed by atoms with Gasteiger partial charge < -0.3 is 5.11 Å². The minimum absolute atomic E-state index is 0.510. The van der Waals surface area contributed by atoms with Crippen LogP contribution in [0.25, 0.3) is 0 Å². The highest BCUT2D eigenvalue weighted by molar-refractivity contribution is 7.98. The highest BCUT2D eigenvalue weighted by atomic mass is 32.2. The molecule has 11 heavy (non-hydrogen) atoms. The second-order valence-electron chi connectivity index (χ2n) is 2.14. The minimum atomic E-state index is -0.510. The molecule has 1 rings (SSSR count). The number of aromatic nitrogens is 2. The van der Waals surface area contributed by atoms with Crippen LogP contribution in [0.3, 0.4) is 0 Å². The van der Waals surface area contributed by atoms with Gasteiger partial charge >= 0.3 is 0 Å². The minimum Gasteiger partial charge on any atom is -0.387 e. The van der Waals surface area contributed by atoms with Gasteiger partial charge in [-0.2, -0.15) is 0 Å². The average molecular weight is 170 g/mol.